The maximum Gasteiger partial charge on any atom is 0.0218 e. The third kappa shape index (κ3) is 3.69. The van der Waals surface area contributed by atoms with Crippen molar-refractivity contribution in [2.75, 3.05) is 19.6 Å². The van der Waals surface area contributed by atoms with E-state index in [4.69, 9.17) is 0 Å². The Hall–Kier alpha value is -0.0800. The van der Waals surface area contributed by atoms with E-state index in [0.717, 1.165) is 17.9 Å². The first kappa shape index (κ1) is 13.4. The molecule has 1 saturated carbocycles. The molecule has 1 aliphatic heterocycles. The number of piperazine rings is 1. The molecule has 2 rings (SSSR count). The van der Waals surface area contributed by atoms with E-state index in [1.165, 1.54) is 51.7 Å². The largest absolute Gasteiger partial charge is 0.311 e. The maximum atomic E-state index is 3.62. The molecular weight excluding hydrogens is 208 g/mol. The maximum absolute atomic E-state index is 3.62. The molecule has 2 fully saturated rings. The van der Waals surface area contributed by atoms with E-state index in [1.54, 1.807) is 0 Å². The van der Waals surface area contributed by atoms with Crippen molar-refractivity contribution < 1.29 is 0 Å². The van der Waals surface area contributed by atoms with E-state index in [2.05, 4.69) is 31.0 Å². The molecule has 0 radical (unpaired) electrons. The first-order chi connectivity index (χ1) is 8.19. The Morgan fingerprint density at radius 2 is 2.06 bits per heavy atom. The molecule has 2 aliphatic rings. The van der Waals surface area contributed by atoms with Gasteiger partial charge < -0.3 is 5.32 Å². The van der Waals surface area contributed by atoms with Crippen LogP contribution >= 0.6 is 0 Å². The molecule has 17 heavy (non-hydrogen) atoms. The molecule has 4 atom stereocenters. The average molecular weight is 238 g/mol. The Bertz CT molecular complexity index is 229. The lowest BCUT2D eigenvalue weighted by Gasteiger charge is -2.42. The van der Waals surface area contributed by atoms with Crippen LogP contribution in [0, 0.1) is 11.8 Å². The highest BCUT2D eigenvalue weighted by molar-refractivity contribution is 4.85. The van der Waals surface area contributed by atoms with Gasteiger partial charge in [-0.05, 0) is 38.0 Å². The van der Waals surface area contributed by atoms with Crippen molar-refractivity contribution in [3.63, 3.8) is 0 Å². The van der Waals surface area contributed by atoms with Gasteiger partial charge in [-0.25, -0.2) is 0 Å². The van der Waals surface area contributed by atoms with Crippen molar-refractivity contribution in [2.24, 2.45) is 11.8 Å². The second-order valence-corrected chi connectivity index (χ2v) is 6.46. The number of nitrogens with one attached hydrogen (secondary N) is 1. The van der Waals surface area contributed by atoms with Gasteiger partial charge in [-0.3, -0.25) is 4.90 Å². The van der Waals surface area contributed by atoms with Crippen LogP contribution in [-0.4, -0.2) is 36.6 Å². The second-order valence-electron chi connectivity index (χ2n) is 6.46. The van der Waals surface area contributed by atoms with Crippen LogP contribution in [0.2, 0.25) is 0 Å². The van der Waals surface area contributed by atoms with Gasteiger partial charge in [0.15, 0.2) is 0 Å². The van der Waals surface area contributed by atoms with Gasteiger partial charge in [-0.2, -0.15) is 0 Å². The van der Waals surface area contributed by atoms with Crippen molar-refractivity contribution in [1.82, 2.24) is 10.2 Å². The van der Waals surface area contributed by atoms with Gasteiger partial charge in [0.1, 0.15) is 0 Å². The summed E-state index contributed by atoms with van der Waals surface area (Å²) >= 11 is 0. The van der Waals surface area contributed by atoms with Gasteiger partial charge in [0.25, 0.3) is 0 Å². The molecule has 0 amide bonds. The van der Waals surface area contributed by atoms with Crippen LogP contribution in [0.25, 0.3) is 0 Å². The number of hydrogen-bond acceptors (Lipinski definition) is 2. The quantitative estimate of drug-likeness (QED) is 0.813. The smallest absolute Gasteiger partial charge is 0.0218 e. The summed E-state index contributed by atoms with van der Waals surface area (Å²) in [6.45, 7) is 10.9. The van der Waals surface area contributed by atoms with Crippen molar-refractivity contribution >= 4 is 0 Å². The van der Waals surface area contributed by atoms with E-state index in [0.29, 0.717) is 6.04 Å². The predicted molar refractivity (Wildman–Crippen MR) is 74.2 cm³/mol. The normalized spacial score (nSPS) is 40.4. The Labute approximate surface area is 107 Å². The van der Waals surface area contributed by atoms with Crippen LogP contribution in [0.4, 0.5) is 0 Å². The fourth-order valence-electron chi connectivity index (χ4n) is 3.72. The summed E-state index contributed by atoms with van der Waals surface area (Å²) in [5.41, 5.74) is 0. The lowest BCUT2D eigenvalue weighted by molar-refractivity contribution is 0.0942. The lowest BCUT2D eigenvalue weighted by Crippen LogP contribution is -2.56. The molecule has 0 aromatic carbocycles. The monoisotopic (exact) mass is 238 g/mol. The Morgan fingerprint density at radius 3 is 2.76 bits per heavy atom. The summed E-state index contributed by atoms with van der Waals surface area (Å²) in [6.07, 6.45) is 7.16. The third-order valence-electron chi connectivity index (χ3n) is 4.74. The van der Waals surface area contributed by atoms with Crippen molar-refractivity contribution in [3.8, 4) is 0 Å². The molecular formula is C15H30N2. The highest BCUT2D eigenvalue weighted by Crippen LogP contribution is 2.30. The highest BCUT2D eigenvalue weighted by Gasteiger charge is 2.28. The van der Waals surface area contributed by atoms with Gasteiger partial charge >= 0.3 is 0 Å². The number of hydrogen-bond donors (Lipinski definition) is 1. The number of nitrogens with zero attached hydrogens (tertiary/aromatic N) is 1. The summed E-state index contributed by atoms with van der Waals surface area (Å²) in [4.78, 5) is 2.77. The van der Waals surface area contributed by atoms with Gasteiger partial charge in [0.2, 0.25) is 0 Å². The Balaban J connectivity index is 1.86. The fraction of sp³-hybridized carbons (Fsp3) is 1.00. The zero-order chi connectivity index (χ0) is 12.3. The molecule has 4 unspecified atom stereocenters. The van der Waals surface area contributed by atoms with Crippen LogP contribution in [0.3, 0.4) is 0 Å². The van der Waals surface area contributed by atoms with E-state index in [1.807, 2.05) is 0 Å². The molecule has 1 saturated heterocycles. The predicted octanol–water partition coefficient (Wildman–Crippen LogP) is 2.89. The third-order valence-corrected chi connectivity index (χ3v) is 4.74. The topological polar surface area (TPSA) is 15.3 Å². The van der Waals surface area contributed by atoms with Crippen molar-refractivity contribution in [3.05, 3.63) is 0 Å². The molecule has 0 aromatic heterocycles. The summed E-state index contributed by atoms with van der Waals surface area (Å²) in [7, 11) is 0. The molecule has 0 spiro atoms. The number of rotatable bonds is 3. The van der Waals surface area contributed by atoms with Crippen molar-refractivity contribution in [2.45, 2.75) is 65.0 Å². The van der Waals surface area contributed by atoms with E-state index >= 15 is 0 Å². The summed E-state index contributed by atoms with van der Waals surface area (Å²) in [6, 6.07) is 1.46. The van der Waals surface area contributed by atoms with Gasteiger partial charge in [0.05, 0.1) is 0 Å². The van der Waals surface area contributed by atoms with Crippen LogP contribution in [0.1, 0.15) is 52.9 Å². The molecule has 1 aliphatic carbocycles. The summed E-state index contributed by atoms with van der Waals surface area (Å²) < 4.78 is 0. The van der Waals surface area contributed by atoms with Gasteiger partial charge in [-0.15, -0.1) is 0 Å². The SMILES string of the molecule is CCC1CNC(C)CN1CC1CCCC(C)C1. The molecule has 2 heteroatoms. The highest BCUT2D eigenvalue weighted by atomic mass is 15.2. The van der Waals surface area contributed by atoms with Crippen LogP contribution in [-0.2, 0) is 0 Å². The van der Waals surface area contributed by atoms with Crippen molar-refractivity contribution in [1.29, 1.82) is 0 Å². The molecule has 0 aromatic rings. The molecule has 1 heterocycles. The van der Waals surface area contributed by atoms with Crippen LogP contribution < -0.4 is 5.32 Å². The average Bonchev–Trinajstić information content (AvgIpc) is 2.29. The molecule has 0 bridgehead atoms. The minimum absolute atomic E-state index is 0.679. The lowest BCUT2D eigenvalue weighted by atomic mass is 9.82. The standard InChI is InChI=1S/C15H30N2/c1-4-15-9-16-13(3)10-17(15)11-14-7-5-6-12(2)8-14/h12-16H,4-11H2,1-3H3. The minimum atomic E-state index is 0.679. The molecule has 1 N–H and O–H groups in total. The van der Waals surface area contributed by atoms with Crippen LogP contribution in [0.15, 0.2) is 0 Å². The molecule has 100 valence electrons. The summed E-state index contributed by atoms with van der Waals surface area (Å²) in [5.74, 6) is 1.94. The zero-order valence-corrected chi connectivity index (χ0v) is 11.9. The first-order valence-electron chi connectivity index (χ1n) is 7.66. The zero-order valence-electron chi connectivity index (χ0n) is 11.9. The van der Waals surface area contributed by atoms with E-state index in [-0.39, 0.29) is 0 Å². The van der Waals surface area contributed by atoms with Crippen LogP contribution in [0.5, 0.6) is 0 Å². The minimum Gasteiger partial charge on any atom is -0.311 e. The fourth-order valence-corrected chi connectivity index (χ4v) is 3.72. The first-order valence-corrected chi connectivity index (χ1v) is 7.66. The summed E-state index contributed by atoms with van der Waals surface area (Å²) in [5, 5.41) is 3.62. The Morgan fingerprint density at radius 1 is 1.24 bits per heavy atom. The van der Waals surface area contributed by atoms with Gasteiger partial charge in [-0.1, -0.05) is 26.7 Å². The van der Waals surface area contributed by atoms with E-state index < -0.39 is 0 Å². The second kappa shape index (κ2) is 6.19. The Kier molecular flexibility index (Phi) is 4.87. The van der Waals surface area contributed by atoms with Gasteiger partial charge in [0, 0.05) is 31.7 Å². The van der Waals surface area contributed by atoms with E-state index in [9.17, 15) is 0 Å². The molecule has 2 nitrogen and oxygen atoms in total.